The summed E-state index contributed by atoms with van der Waals surface area (Å²) >= 11 is 3.32. The first-order valence-corrected chi connectivity index (χ1v) is 8.33. The van der Waals surface area contributed by atoms with Crippen LogP contribution in [0.15, 0.2) is 57.9 Å². The predicted octanol–water partition coefficient (Wildman–Crippen LogP) is 2.86. The van der Waals surface area contributed by atoms with E-state index in [-0.39, 0.29) is 11.5 Å². The van der Waals surface area contributed by atoms with Crippen LogP contribution in [-0.2, 0) is 10.0 Å². The number of hydrogen-bond donors (Lipinski definition) is 1. The smallest absolute Gasteiger partial charge is 0.244 e. The van der Waals surface area contributed by atoms with Crippen LogP contribution in [-0.4, -0.2) is 15.0 Å². The first-order chi connectivity index (χ1) is 9.56. The predicted molar refractivity (Wildman–Crippen MR) is 79.1 cm³/mol. The van der Waals surface area contributed by atoms with Crippen molar-refractivity contribution in [2.45, 2.75) is 10.9 Å². The van der Waals surface area contributed by atoms with Crippen LogP contribution in [0, 0.1) is 0 Å². The van der Waals surface area contributed by atoms with E-state index in [0.717, 1.165) is 10.0 Å². The molecule has 2 aromatic rings. The van der Waals surface area contributed by atoms with Gasteiger partial charge in [0.2, 0.25) is 10.0 Å². The molecule has 0 saturated carbocycles. The van der Waals surface area contributed by atoms with Gasteiger partial charge in [-0.25, -0.2) is 13.1 Å². The fourth-order valence-corrected chi connectivity index (χ4v) is 3.80. The fourth-order valence-electron chi connectivity index (χ4n) is 2.12. The van der Waals surface area contributed by atoms with Crippen molar-refractivity contribution in [3.05, 3.63) is 58.6 Å². The second-order valence-electron chi connectivity index (χ2n) is 4.49. The van der Waals surface area contributed by atoms with Crippen molar-refractivity contribution in [3.8, 4) is 5.75 Å². The third-order valence-corrected chi connectivity index (χ3v) is 5.10. The van der Waals surface area contributed by atoms with Crippen molar-refractivity contribution >= 4 is 26.0 Å². The molecule has 3 rings (SSSR count). The van der Waals surface area contributed by atoms with E-state index < -0.39 is 16.1 Å². The summed E-state index contributed by atoms with van der Waals surface area (Å²) < 4.78 is 33.9. The first kappa shape index (κ1) is 13.6. The van der Waals surface area contributed by atoms with Gasteiger partial charge < -0.3 is 4.74 Å². The van der Waals surface area contributed by atoms with Gasteiger partial charge in [-0.2, -0.15) is 0 Å². The molecule has 6 heteroatoms. The number of nitrogens with one attached hydrogen (secondary N) is 1. The van der Waals surface area contributed by atoms with Crippen LogP contribution < -0.4 is 9.46 Å². The average molecular weight is 354 g/mol. The molecule has 0 spiro atoms. The minimum absolute atomic E-state index is 0.166. The number of halogens is 1. The lowest BCUT2D eigenvalue weighted by molar-refractivity contribution is 0.282. The van der Waals surface area contributed by atoms with Gasteiger partial charge in [0.15, 0.2) is 0 Å². The van der Waals surface area contributed by atoms with Crippen LogP contribution in [0.4, 0.5) is 0 Å². The van der Waals surface area contributed by atoms with E-state index in [1.165, 1.54) is 6.07 Å². The average Bonchev–Trinajstić information content (AvgIpc) is 2.56. The summed E-state index contributed by atoms with van der Waals surface area (Å²) in [6.07, 6.45) is 0. The zero-order valence-electron chi connectivity index (χ0n) is 10.4. The molecule has 0 amide bonds. The summed E-state index contributed by atoms with van der Waals surface area (Å²) in [5, 5.41) is 0. The Morgan fingerprint density at radius 1 is 1.15 bits per heavy atom. The third-order valence-electron chi connectivity index (χ3n) is 3.10. The minimum Gasteiger partial charge on any atom is -0.490 e. The second-order valence-corrected chi connectivity index (χ2v) is 7.08. The van der Waals surface area contributed by atoms with Gasteiger partial charge in [-0.1, -0.05) is 46.3 Å². The monoisotopic (exact) mass is 353 g/mol. The van der Waals surface area contributed by atoms with Crippen molar-refractivity contribution in [2.75, 3.05) is 6.61 Å². The van der Waals surface area contributed by atoms with Gasteiger partial charge in [-0.3, -0.25) is 0 Å². The van der Waals surface area contributed by atoms with Crippen LogP contribution in [0.2, 0.25) is 0 Å². The molecule has 20 heavy (non-hydrogen) atoms. The molecule has 104 valence electrons. The molecule has 1 atom stereocenters. The molecule has 2 aromatic carbocycles. The molecule has 0 radical (unpaired) electrons. The molecule has 1 N–H and O–H groups in total. The zero-order valence-corrected chi connectivity index (χ0v) is 12.8. The van der Waals surface area contributed by atoms with Crippen LogP contribution in [0.1, 0.15) is 11.6 Å². The van der Waals surface area contributed by atoms with Crippen molar-refractivity contribution in [2.24, 2.45) is 0 Å². The SMILES string of the molecule is O=S1(=O)N[C@H](c2ccccc2)COc2cc(Br)ccc21. The van der Waals surface area contributed by atoms with Crippen LogP contribution in [0.3, 0.4) is 0 Å². The van der Waals surface area contributed by atoms with Gasteiger partial charge in [0.1, 0.15) is 17.3 Å². The highest BCUT2D eigenvalue weighted by atomic mass is 79.9. The highest BCUT2D eigenvalue weighted by molar-refractivity contribution is 9.10. The summed E-state index contributed by atoms with van der Waals surface area (Å²) in [5.74, 6) is 0.366. The van der Waals surface area contributed by atoms with E-state index in [4.69, 9.17) is 4.74 Å². The Kier molecular flexibility index (Phi) is 3.54. The fraction of sp³-hybridized carbons (Fsp3) is 0.143. The molecule has 1 heterocycles. The standard InChI is InChI=1S/C14H12BrNO3S/c15-11-6-7-14-13(8-11)19-9-12(16-20(14,17)18)10-4-2-1-3-5-10/h1-8,12,16H,9H2/t12-/m0/s1. The molecule has 1 aliphatic heterocycles. The maximum absolute atomic E-state index is 12.4. The molecule has 0 bridgehead atoms. The van der Waals surface area contributed by atoms with Crippen LogP contribution in [0.5, 0.6) is 5.75 Å². The number of rotatable bonds is 1. The first-order valence-electron chi connectivity index (χ1n) is 6.06. The maximum Gasteiger partial charge on any atom is 0.244 e. The molecule has 0 fully saturated rings. The summed E-state index contributed by atoms with van der Waals surface area (Å²) in [6, 6.07) is 13.9. The minimum atomic E-state index is -3.59. The van der Waals surface area contributed by atoms with Crippen molar-refractivity contribution in [3.63, 3.8) is 0 Å². The molecular weight excluding hydrogens is 342 g/mol. The number of ether oxygens (including phenoxy) is 1. The molecule has 0 aliphatic carbocycles. The molecule has 4 nitrogen and oxygen atoms in total. The number of sulfonamides is 1. The van der Waals surface area contributed by atoms with Gasteiger partial charge in [0, 0.05) is 4.47 Å². The van der Waals surface area contributed by atoms with Gasteiger partial charge >= 0.3 is 0 Å². The summed E-state index contributed by atoms with van der Waals surface area (Å²) in [6.45, 7) is 0.257. The van der Waals surface area contributed by atoms with E-state index in [0.29, 0.717) is 5.75 Å². The lowest BCUT2D eigenvalue weighted by atomic mass is 10.1. The van der Waals surface area contributed by atoms with Crippen molar-refractivity contribution in [1.82, 2.24) is 4.72 Å². The lowest BCUT2D eigenvalue weighted by Crippen LogP contribution is -2.29. The number of fused-ring (bicyclic) bond motifs is 1. The second kappa shape index (κ2) is 5.20. The van der Waals surface area contributed by atoms with Gasteiger partial charge in [0.25, 0.3) is 0 Å². The van der Waals surface area contributed by atoms with E-state index >= 15 is 0 Å². The van der Waals surface area contributed by atoms with Crippen LogP contribution >= 0.6 is 15.9 Å². The normalized spacial score (nSPS) is 20.6. The Hall–Kier alpha value is -1.37. The largest absolute Gasteiger partial charge is 0.490 e. The Balaban J connectivity index is 2.02. The van der Waals surface area contributed by atoms with E-state index in [2.05, 4.69) is 20.7 Å². The summed E-state index contributed by atoms with van der Waals surface area (Å²) in [7, 11) is -3.59. The van der Waals surface area contributed by atoms with E-state index in [9.17, 15) is 8.42 Å². The third kappa shape index (κ3) is 2.59. The van der Waals surface area contributed by atoms with Crippen molar-refractivity contribution < 1.29 is 13.2 Å². The number of benzene rings is 2. The van der Waals surface area contributed by atoms with Crippen molar-refractivity contribution in [1.29, 1.82) is 0 Å². The topological polar surface area (TPSA) is 55.4 Å². The molecule has 0 unspecified atom stereocenters. The summed E-state index contributed by atoms with van der Waals surface area (Å²) in [4.78, 5) is 0.166. The highest BCUT2D eigenvalue weighted by Crippen LogP contribution is 2.32. The van der Waals surface area contributed by atoms with E-state index in [1.807, 2.05) is 30.3 Å². The van der Waals surface area contributed by atoms with Gasteiger partial charge in [-0.05, 0) is 23.8 Å². The van der Waals surface area contributed by atoms with Crippen LogP contribution in [0.25, 0.3) is 0 Å². The molecule has 0 saturated heterocycles. The zero-order chi connectivity index (χ0) is 14.2. The Morgan fingerprint density at radius 2 is 1.90 bits per heavy atom. The molecule has 1 aliphatic rings. The molecule has 0 aromatic heterocycles. The Morgan fingerprint density at radius 3 is 2.65 bits per heavy atom. The Bertz CT molecular complexity index is 731. The van der Waals surface area contributed by atoms with E-state index in [1.54, 1.807) is 12.1 Å². The van der Waals surface area contributed by atoms with Gasteiger partial charge in [-0.15, -0.1) is 0 Å². The molecular formula is C14H12BrNO3S. The highest BCUT2D eigenvalue weighted by Gasteiger charge is 2.29. The maximum atomic E-state index is 12.4. The summed E-state index contributed by atoms with van der Waals surface area (Å²) in [5.41, 5.74) is 0.878. The quantitative estimate of drug-likeness (QED) is 0.857. The number of hydrogen-bond acceptors (Lipinski definition) is 3. The Labute approximate surface area is 126 Å². The lowest BCUT2D eigenvalue weighted by Gasteiger charge is -2.14. The van der Waals surface area contributed by atoms with Gasteiger partial charge in [0.05, 0.1) is 6.04 Å².